The lowest BCUT2D eigenvalue weighted by Crippen LogP contribution is -1.71. The van der Waals surface area contributed by atoms with Crippen LogP contribution in [0.15, 0.2) is 59.7 Å². The molecular weight excluding hydrogens is 210 g/mol. The summed E-state index contributed by atoms with van der Waals surface area (Å²) in [6, 6.07) is 17.5. The van der Waals surface area contributed by atoms with Crippen molar-refractivity contribution < 1.29 is 0 Å². The molecule has 0 aliphatic rings. The molecule has 2 rings (SSSR count). The predicted octanol–water partition coefficient (Wildman–Crippen LogP) is 4.80. The van der Waals surface area contributed by atoms with Gasteiger partial charge in [0, 0.05) is 10.6 Å². The van der Waals surface area contributed by atoms with E-state index in [0.717, 1.165) is 11.1 Å². The van der Waals surface area contributed by atoms with E-state index in [-0.39, 0.29) is 0 Å². The molecule has 2 aromatic rings. The molecule has 2 aromatic carbocycles. The molecule has 0 spiro atoms. The molecule has 17 heavy (non-hydrogen) atoms. The topological polar surface area (TPSA) is 48.8 Å². The van der Waals surface area contributed by atoms with E-state index in [1.165, 1.54) is 0 Å². The Balaban J connectivity index is 2.14. The highest BCUT2D eigenvalue weighted by Crippen LogP contribution is 2.15. The van der Waals surface area contributed by atoms with Gasteiger partial charge in [0.05, 0.1) is 0 Å². The van der Waals surface area contributed by atoms with Crippen molar-refractivity contribution in [1.29, 1.82) is 0 Å². The highest BCUT2D eigenvalue weighted by molar-refractivity contribution is 5.70. The number of hydrogen-bond donors (Lipinski definition) is 0. The molecule has 0 radical (unpaired) electrons. The molecule has 0 bridgehead atoms. The number of nitrogens with zero attached hydrogens (tertiary/aromatic N) is 3. The number of azide groups is 1. The first-order chi connectivity index (χ1) is 8.38. The number of hydrogen-bond acceptors (Lipinski definition) is 1. The van der Waals surface area contributed by atoms with Crippen LogP contribution in [0.2, 0.25) is 0 Å². The van der Waals surface area contributed by atoms with Crippen LogP contribution in [0.4, 0.5) is 5.69 Å². The van der Waals surface area contributed by atoms with Crippen LogP contribution in [-0.4, -0.2) is 0 Å². The molecule has 0 saturated carbocycles. The Bertz CT molecular complexity index is 550. The van der Waals surface area contributed by atoms with E-state index in [0.29, 0.717) is 5.69 Å². The SMILES string of the molecule is [N-]=[N+]=Nc1ccc(C=Cc2ccccc2)cc1. The van der Waals surface area contributed by atoms with E-state index >= 15 is 0 Å². The lowest BCUT2D eigenvalue weighted by atomic mass is 10.1. The van der Waals surface area contributed by atoms with E-state index in [4.69, 9.17) is 5.53 Å². The maximum Gasteiger partial charge on any atom is 0.0375 e. The molecule has 82 valence electrons. The zero-order chi connectivity index (χ0) is 11.9. The predicted molar refractivity (Wildman–Crippen MR) is 70.6 cm³/mol. The normalized spacial score (nSPS) is 10.1. The van der Waals surface area contributed by atoms with Gasteiger partial charge in [-0.15, -0.1) is 0 Å². The molecule has 0 aromatic heterocycles. The Morgan fingerprint density at radius 2 is 1.41 bits per heavy atom. The third-order valence-electron chi connectivity index (χ3n) is 2.32. The van der Waals surface area contributed by atoms with Gasteiger partial charge >= 0.3 is 0 Å². The molecule has 0 saturated heterocycles. The third-order valence-corrected chi connectivity index (χ3v) is 2.32. The maximum atomic E-state index is 8.29. The van der Waals surface area contributed by atoms with Gasteiger partial charge in [0.15, 0.2) is 0 Å². The fraction of sp³-hybridized carbons (Fsp3) is 0. The molecule has 0 heterocycles. The first kappa shape index (κ1) is 11.0. The van der Waals surface area contributed by atoms with Crippen LogP contribution in [0.1, 0.15) is 11.1 Å². The van der Waals surface area contributed by atoms with Gasteiger partial charge in [0.1, 0.15) is 0 Å². The third kappa shape index (κ3) is 3.23. The molecule has 0 amide bonds. The second kappa shape index (κ2) is 5.54. The van der Waals surface area contributed by atoms with Gasteiger partial charge in [-0.05, 0) is 16.7 Å². The van der Waals surface area contributed by atoms with Crippen LogP contribution in [0.3, 0.4) is 0 Å². The summed E-state index contributed by atoms with van der Waals surface area (Å²) < 4.78 is 0. The summed E-state index contributed by atoms with van der Waals surface area (Å²) in [5.74, 6) is 0. The smallest absolute Gasteiger partial charge is 0.0375 e. The van der Waals surface area contributed by atoms with Crippen LogP contribution >= 0.6 is 0 Å². The van der Waals surface area contributed by atoms with Crippen molar-refractivity contribution in [1.82, 2.24) is 0 Å². The minimum atomic E-state index is 0.629. The highest BCUT2D eigenvalue weighted by Gasteiger charge is 1.89. The summed E-state index contributed by atoms with van der Waals surface area (Å²) in [7, 11) is 0. The summed E-state index contributed by atoms with van der Waals surface area (Å²) >= 11 is 0. The summed E-state index contributed by atoms with van der Waals surface area (Å²) in [5.41, 5.74) is 11.1. The Kier molecular flexibility index (Phi) is 3.58. The van der Waals surface area contributed by atoms with Gasteiger partial charge < -0.3 is 0 Å². The zero-order valence-electron chi connectivity index (χ0n) is 9.19. The van der Waals surface area contributed by atoms with Crippen molar-refractivity contribution >= 4 is 17.8 Å². The minimum Gasteiger partial charge on any atom is -0.0622 e. The Labute approximate surface area is 99.7 Å². The lowest BCUT2D eigenvalue weighted by Gasteiger charge is -1.95. The van der Waals surface area contributed by atoms with Gasteiger partial charge in [-0.2, -0.15) is 0 Å². The van der Waals surface area contributed by atoms with Crippen molar-refractivity contribution in [3.05, 3.63) is 76.2 Å². The van der Waals surface area contributed by atoms with E-state index in [1.54, 1.807) is 12.1 Å². The van der Waals surface area contributed by atoms with E-state index in [2.05, 4.69) is 10.0 Å². The molecular formula is C14H11N3. The molecule has 0 unspecified atom stereocenters. The largest absolute Gasteiger partial charge is 0.0622 e. The van der Waals surface area contributed by atoms with Crippen LogP contribution < -0.4 is 0 Å². The average Bonchev–Trinajstić information content (AvgIpc) is 2.40. The van der Waals surface area contributed by atoms with Crippen LogP contribution in [-0.2, 0) is 0 Å². The van der Waals surface area contributed by atoms with Crippen LogP contribution in [0.5, 0.6) is 0 Å². The van der Waals surface area contributed by atoms with Gasteiger partial charge in [-0.3, -0.25) is 0 Å². The average molecular weight is 221 g/mol. The quantitative estimate of drug-likeness (QED) is 0.309. The standard InChI is InChI=1S/C14H11N3/c15-17-16-14-10-8-13(9-11-14)7-6-12-4-2-1-3-5-12/h1-11H. The number of benzene rings is 2. The Morgan fingerprint density at radius 1 is 0.824 bits per heavy atom. The highest BCUT2D eigenvalue weighted by atomic mass is 15.1. The summed E-state index contributed by atoms with van der Waals surface area (Å²) in [4.78, 5) is 2.74. The second-order valence-corrected chi connectivity index (χ2v) is 3.52. The molecule has 3 nitrogen and oxygen atoms in total. The van der Waals surface area contributed by atoms with Gasteiger partial charge in [-0.25, -0.2) is 0 Å². The zero-order valence-corrected chi connectivity index (χ0v) is 9.19. The Hall–Kier alpha value is -2.51. The van der Waals surface area contributed by atoms with Crippen molar-refractivity contribution in [3.63, 3.8) is 0 Å². The Morgan fingerprint density at radius 3 is 2.00 bits per heavy atom. The maximum absolute atomic E-state index is 8.29. The second-order valence-electron chi connectivity index (χ2n) is 3.52. The van der Waals surface area contributed by atoms with Crippen LogP contribution in [0.25, 0.3) is 22.6 Å². The fourth-order valence-electron chi connectivity index (χ4n) is 1.46. The summed E-state index contributed by atoms with van der Waals surface area (Å²) in [6.45, 7) is 0. The van der Waals surface area contributed by atoms with E-state index < -0.39 is 0 Å². The van der Waals surface area contributed by atoms with Crippen molar-refractivity contribution in [2.45, 2.75) is 0 Å². The first-order valence-corrected chi connectivity index (χ1v) is 5.27. The van der Waals surface area contributed by atoms with Crippen molar-refractivity contribution in [3.8, 4) is 0 Å². The summed E-state index contributed by atoms with van der Waals surface area (Å²) in [6.07, 6.45) is 4.07. The van der Waals surface area contributed by atoms with Gasteiger partial charge in [-0.1, -0.05) is 71.9 Å². The molecule has 3 heteroatoms. The molecule has 0 aliphatic carbocycles. The van der Waals surface area contributed by atoms with E-state index in [9.17, 15) is 0 Å². The van der Waals surface area contributed by atoms with Crippen LogP contribution in [0, 0.1) is 0 Å². The minimum absolute atomic E-state index is 0.629. The van der Waals surface area contributed by atoms with E-state index in [1.807, 2.05) is 54.6 Å². The molecule has 0 atom stereocenters. The molecule has 0 fully saturated rings. The molecule has 0 aliphatic heterocycles. The first-order valence-electron chi connectivity index (χ1n) is 5.27. The molecule has 0 N–H and O–H groups in total. The summed E-state index contributed by atoms with van der Waals surface area (Å²) in [5, 5.41) is 3.52. The lowest BCUT2D eigenvalue weighted by molar-refractivity contribution is 1.47. The van der Waals surface area contributed by atoms with Gasteiger partial charge in [0.2, 0.25) is 0 Å². The van der Waals surface area contributed by atoms with Crippen molar-refractivity contribution in [2.75, 3.05) is 0 Å². The fourth-order valence-corrected chi connectivity index (χ4v) is 1.46. The monoisotopic (exact) mass is 221 g/mol. The van der Waals surface area contributed by atoms with Crippen molar-refractivity contribution in [2.24, 2.45) is 5.11 Å². The number of rotatable bonds is 3. The van der Waals surface area contributed by atoms with Gasteiger partial charge in [0.25, 0.3) is 0 Å².